The number of nitrogens with one attached hydrogen (secondary N) is 1. The largest absolute Gasteiger partial charge is 0.392 e. The predicted molar refractivity (Wildman–Crippen MR) is 156 cm³/mol. The molecule has 2 N–H and O–H groups in total. The maximum atomic E-state index is 10.4. The molecule has 3 fully saturated rings. The SMILES string of the molecule is CN1COC2CCCCC2(c2ccc(Cl)c(Cl)c2)C1.CNCC1(c2ccc(Cl)c(Cl)c2)CCCCC1O. The van der Waals surface area contributed by atoms with E-state index in [4.69, 9.17) is 51.1 Å². The van der Waals surface area contributed by atoms with Crippen LogP contribution >= 0.6 is 46.4 Å². The second-order valence-electron chi connectivity index (χ2n) is 10.9. The summed E-state index contributed by atoms with van der Waals surface area (Å²) in [5.74, 6) is 0. The second-order valence-corrected chi connectivity index (χ2v) is 12.5. The molecule has 4 atom stereocenters. The van der Waals surface area contributed by atoms with Crippen LogP contribution in [-0.2, 0) is 15.6 Å². The molecule has 1 aliphatic heterocycles. The zero-order valence-corrected chi connectivity index (χ0v) is 24.7. The van der Waals surface area contributed by atoms with Crippen molar-refractivity contribution in [3.8, 4) is 0 Å². The summed E-state index contributed by atoms with van der Waals surface area (Å²) >= 11 is 24.3. The van der Waals surface area contributed by atoms with Crippen molar-refractivity contribution in [3.05, 3.63) is 67.6 Å². The number of fused-ring (bicyclic) bond motifs is 1. The van der Waals surface area contributed by atoms with Gasteiger partial charge in [-0.2, -0.15) is 0 Å². The minimum absolute atomic E-state index is 0.0828. The molecule has 0 spiro atoms. The quantitative estimate of drug-likeness (QED) is 0.389. The fourth-order valence-electron chi connectivity index (χ4n) is 6.59. The van der Waals surface area contributed by atoms with E-state index in [1.165, 1.54) is 24.8 Å². The topological polar surface area (TPSA) is 44.7 Å². The van der Waals surface area contributed by atoms with Gasteiger partial charge >= 0.3 is 0 Å². The van der Waals surface area contributed by atoms with E-state index >= 15 is 0 Å². The van der Waals surface area contributed by atoms with Crippen molar-refractivity contribution < 1.29 is 9.84 Å². The maximum absolute atomic E-state index is 10.4. The third-order valence-corrected chi connectivity index (χ3v) is 9.95. The van der Waals surface area contributed by atoms with Gasteiger partial charge in [0.2, 0.25) is 0 Å². The lowest BCUT2D eigenvalue weighted by Crippen LogP contribution is -2.56. The molecule has 2 saturated carbocycles. The van der Waals surface area contributed by atoms with Crippen molar-refractivity contribution in [1.82, 2.24) is 10.2 Å². The average molecular weight is 588 g/mol. The Bertz CT molecular complexity index is 1070. The van der Waals surface area contributed by atoms with Crippen LogP contribution in [0.2, 0.25) is 20.1 Å². The fourth-order valence-corrected chi connectivity index (χ4v) is 7.19. The van der Waals surface area contributed by atoms with Gasteiger partial charge in [-0.1, -0.05) is 84.2 Å². The number of nitrogens with zero attached hydrogens (tertiary/aromatic N) is 1. The molecule has 2 aromatic rings. The Labute approximate surface area is 241 Å². The summed E-state index contributed by atoms with van der Waals surface area (Å²) in [6.07, 6.45) is 8.88. The number of rotatable bonds is 4. The normalized spacial score (nSPS) is 30.2. The standard InChI is InChI=1S/C15H19Cl2NO.C14H19Cl2NO/c1-18-9-15(7-3-2-4-14(15)19-10-18)11-5-6-12(16)13(17)8-11;1-17-9-14(7-3-2-4-13(14)18)10-5-6-11(15)12(16)8-10/h5-6,8,14H,2-4,7,9-10H2,1H3;5-6,8,13,17-18H,2-4,7,9H2,1H3. The highest BCUT2D eigenvalue weighted by atomic mass is 35.5. The molecule has 4 nitrogen and oxygen atoms in total. The molecule has 37 heavy (non-hydrogen) atoms. The van der Waals surface area contributed by atoms with Crippen LogP contribution in [0.5, 0.6) is 0 Å². The number of aliphatic hydroxyl groups is 1. The lowest BCUT2D eigenvalue weighted by atomic mass is 9.66. The maximum Gasteiger partial charge on any atom is 0.0992 e. The Morgan fingerprint density at radius 3 is 2.16 bits per heavy atom. The highest BCUT2D eigenvalue weighted by molar-refractivity contribution is 6.42. The molecule has 1 saturated heterocycles. The van der Waals surface area contributed by atoms with Gasteiger partial charge in [0.25, 0.3) is 0 Å². The zero-order chi connectivity index (χ0) is 26.6. The van der Waals surface area contributed by atoms with Crippen LogP contribution in [0.4, 0.5) is 0 Å². The van der Waals surface area contributed by atoms with Crippen LogP contribution < -0.4 is 5.32 Å². The molecule has 3 aliphatic rings. The van der Waals surface area contributed by atoms with Crippen molar-refractivity contribution in [2.24, 2.45) is 0 Å². The van der Waals surface area contributed by atoms with E-state index in [0.717, 1.165) is 57.5 Å². The number of halogens is 4. The summed E-state index contributed by atoms with van der Waals surface area (Å²) in [6, 6.07) is 11.8. The van der Waals surface area contributed by atoms with E-state index in [2.05, 4.69) is 23.3 Å². The molecule has 8 heteroatoms. The van der Waals surface area contributed by atoms with Gasteiger partial charge in [0, 0.05) is 23.9 Å². The minimum Gasteiger partial charge on any atom is -0.392 e. The van der Waals surface area contributed by atoms with Crippen LogP contribution in [0, 0.1) is 0 Å². The number of hydrogen-bond acceptors (Lipinski definition) is 4. The predicted octanol–water partition coefficient (Wildman–Crippen LogP) is 7.48. The van der Waals surface area contributed by atoms with Crippen molar-refractivity contribution in [3.63, 3.8) is 0 Å². The van der Waals surface area contributed by atoms with E-state index in [-0.39, 0.29) is 16.9 Å². The summed E-state index contributed by atoms with van der Waals surface area (Å²) in [4.78, 5) is 2.25. The molecule has 204 valence electrons. The van der Waals surface area contributed by atoms with Gasteiger partial charge in [-0.3, -0.25) is 4.90 Å². The third-order valence-electron chi connectivity index (χ3n) is 8.47. The summed E-state index contributed by atoms with van der Waals surface area (Å²) in [5.41, 5.74) is 2.21. The molecule has 0 radical (unpaired) electrons. The van der Waals surface area contributed by atoms with Crippen molar-refractivity contribution in [1.29, 1.82) is 0 Å². The lowest BCUT2D eigenvalue weighted by Gasteiger charge is -2.50. The smallest absolute Gasteiger partial charge is 0.0992 e. The average Bonchev–Trinajstić information content (AvgIpc) is 2.89. The number of aliphatic hydroxyl groups excluding tert-OH is 1. The van der Waals surface area contributed by atoms with Gasteiger partial charge in [-0.05, 0) is 75.2 Å². The van der Waals surface area contributed by atoms with E-state index in [9.17, 15) is 5.11 Å². The monoisotopic (exact) mass is 586 g/mol. The third kappa shape index (κ3) is 6.28. The Hall–Kier alpha value is -0.560. The second kappa shape index (κ2) is 12.7. The molecule has 0 amide bonds. The first-order chi connectivity index (χ1) is 17.7. The first-order valence-corrected chi connectivity index (χ1v) is 14.8. The van der Waals surface area contributed by atoms with E-state index < -0.39 is 0 Å². The Kier molecular flexibility index (Phi) is 10.1. The van der Waals surface area contributed by atoms with E-state index in [0.29, 0.717) is 26.2 Å². The van der Waals surface area contributed by atoms with Gasteiger partial charge in [0.1, 0.15) is 0 Å². The molecule has 5 rings (SSSR count). The molecule has 0 aromatic heterocycles. The molecular weight excluding hydrogens is 550 g/mol. The zero-order valence-electron chi connectivity index (χ0n) is 21.7. The first kappa shape index (κ1) is 29.4. The molecule has 2 aromatic carbocycles. The van der Waals surface area contributed by atoms with Crippen LogP contribution in [0.3, 0.4) is 0 Å². The van der Waals surface area contributed by atoms with Crippen LogP contribution in [0.25, 0.3) is 0 Å². The molecule has 4 unspecified atom stereocenters. The number of hydrogen-bond donors (Lipinski definition) is 2. The highest BCUT2D eigenvalue weighted by Crippen LogP contribution is 2.45. The van der Waals surface area contributed by atoms with Gasteiger partial charge in [0.05, 0.1) is 39.0 Å². The van der Waals surface area contributed by atoms with Gasteiger partial charge < -0.3 is 15.2 Å². The summed E-state index contributed by atoms with van der Waals surface area (Å²) in [7, 11) is 4.03. The minimum atomic E-state index is -0.323. The number of ether oxygens (including phenoxy) is 1. The van der Waals surface area contributed by atoms with E-state index in [1.54, 1.807) is 0 Å². The lowest BCUT2D eigenvalue weighted by molar-refractivity contribution is -0.125. The van der Waals surface area contributed by atoms with E-state index in [1.807, 2.05) is 37.4 Å². The Morgan fingerprint density at radius 1 is 0.892 bits per heavy atom. The number of likely N-dealkylation sites (N-methyl/N-ethyl adjacent to an activating group) is 2. The summed E-state index contributed by atoms with van der Waals surface area (Å²) < 4.78 is 6.07. The molecule has 0 bridgehead atoms. The van der Waals surface area contributed by atoms with Crippen molar-refractivity contribution >= 4 is 46.4 Å². The highest BCUT2D eigenvalue weighted by Gasteiger charge is 2.46. The van der Waals surface area contributed by atoms with Gasteiger partial charge in [0.15, 0.2) is 0 Å². The van der Waals surface area contributed by atoms with Crippen molar-refractivity contribution in [2.75, 3.05) is 33.9 Å². The van der Waals surface area contributed by atoms with Crippen LogP contribution in [0.1, 0.15) is 62.5 Å². The summed E-state index contributed by atoms with van der Waals surface area (Å²) in [6.45, 7) is 2.52. The van der Waals surface area contributed by atoms with Gasteiger partial charge in [-0.25, -0.2) is 0 Å². The van der Waals surface area contributed by atoms with Crippen molar-refractivity contribution in [2.45, 2.75) is 74.4 Å². The van der Waals surface area contributed by atoms with Crippen LogP contribution in [-0.4, -0.2) is 56.1 Å². The molecular formula is C29H38Cl4N2O2. The Morgan fingerprint density at radius 2 is 1.51 bits per heavy atom. The molecule has 2 aliphatic carbocycles. The Balaban J connectivity index is 0.000000173. The molecule has 1 heterocycles. The van der Waals surface area contributed by atoms with Crippen LogP contribution in [0.15, 0.2) is 36.4 Å². The van der Waals surface area contributed by atoms with Gasteiger partial charge in [-0.15, -0.1) is 0 Å². The number of benzene rings is 2. The fraction of sp³-hybridized carbons (Fsp3) is 0.586. The summed E-state index contributed by atoms with van der Waals surface area (Å²) in [5, 5.41) is 16.0. The first-order valence-electron chi connectivity index (χ1n) is 13.3.